The summed E-state index contributed by atoms with van der Waals surface area (Å²) in [6.07, 6.45) is 3.54. The summed E-state index contributed by atoms with van der Waals surface area (Å²) in [5.41, 5.74) is 0.719. The molecule has 1 aromatic carbocycles. The van der Waals surface area contributed by atoms with E-state index in [1.807, 2.05) is 13.8 Å². The summed E-state index contributed by atoms with van der Waals surface area (Å²) >= 11 is 5.82. The van der Waals surface area contributed by atoms with Gasteiger partial charge in [-0.3, -0.25) is 0 Å². The zero-order valence-electron chi connectivity index (χ0n) is 12.2. The van der Waals surface area contributed by atoms with Crippen LogP contribution in [0.25, 0.3) is 0 Å². The van der Waals surface area contributed by atoms with E-state index in [9.17, 15) is 4.39 Å². The lowest BCUT2D eigenvalue weighted by Gasteiger charge is -2.37. The van der Waals surface area contributed by atoms with E-state index in [0.717, 1.165) is 38.0 Å². The van der Waals surface area contributed by atoms with Gasteiger partial charge in [0.15, 0.2) is 0 Å². The van der Waals surface area contributed by atoms with E-state index in [4.69, 9.17) is 16.3 Å². The van der Waals surface area contributed by atoms with Crippen LogP contribution in [-0.2, 0) is 4.74 Å². The number of benzene rings is 1. The largest absolute Gasteiger partial charge is 0.378 e. The van der Waals surface area contributed by atoms with Crippen molar-refractivity contribution in [3.8, 4) is 0 Å². The molecule has 4 heteroatoms. The van der Waals surface area contributed by atoms with Gasteiger partial charge in [0, 0.05) is 23.2 Å². The molecule has 1 saturated carbocycles. The van der Waals surface area contributed by atoms with Crippen molar-refractivity contribution in [2.24, 2.45) is 5.92 Å². The highest BCUT2D eigenvalue weighted by molar-refractivity contribution is 6.30. The molecule has 1 aromatic rings. The van der Waals surface area contributed by atoms with Crippen LogP contribution in [0.5, 0.6) is 0 Å². The lowest BCUT2D eigenvalue weighted by atomic mass is 9.77. The first-order chi connectivity index (χ1) is 9.63. The summed E-state index contributed by atoms with van der Waals surface area (Å²) in [5.74, 6) is 0.398. The SMILES string of the molecule is CCNC(CC1CC(OCC)C1)c1ccc(Cl)cc1F. The molecule has 1 N–H and O–H groups in total. The molecule has 0 spiro atoms. The molecule has 0 aliphatic heterocycles. The van der Waals surface area contributed by atoms with Crippen LogP contribution in [0, 0.1) is 11.7 Å². The third-order valence-corrected chi connectivity index (χ3v) is 4.19. The van der Waals surface area contributed by atoms with Crippen LogP contribution in [0.3, 0.4) is 0 Å². The molecule has 2 nitrogen and oxygen atoms in total. The number of ether oxygens (including phenoxy) is 1. The number of rotatable bonds is 7. The van der Waals surface area contributed by atoms with Crippen molar-refractivity contribution in [3.63, 3.8) is 0 Å². The Hall–Kier alpha value is -0.640. The van der Waals surface area contributed by atoms with Crippen molar-refractivity contribution < 1.29 is 9.13 Å². The highest BCUT2D eigenvalue weighted by Gasteiger charge is 2.32. The van der Waals surface area contributed by atoms with Gasteiger partial charge in [0.25, 0.3) is 0 Å². The molecule has 1 unspecified atom stereocenters. The number of halogens is 2. The van der Waals surface area contributed by atoms with Crippen molar-refractivity contribution in [1.29, 1.82) is 0 Å². The maximum Gasteiger partial charge on any atom is 0.129 e. The summed E-state index contributed by atoms with van der Waals surface area (Å²) < 4.78 is 19.6. The summed E-state index contributed by atoms with van der Waals surface area (Å²) in [4.78, 5) is 0. The van der Waals surface area contributed by atoms with Gasteiger partial charge >= 0.3 is 0 Å². The van der Waals surface area contributed by atoms with Gasteiger partial charge in [-0.05, 0) is 50.8 Å². The topological polar surface area (TPSA) is 21.3 Å². The van der Waals surface area contributed by atoms with Crippen LogP contribution >= 0.6 is 11.6 Å². The van der Waals surface area contributed by atoms with Crippen LogP contribution in [0.4, 0.5) is 4.39 Å². The Morgan fingerprint density at radius 2 is 2.15 bits per heavy atom. The second-order valence-corrected chi connectivity index (χ2v) is 5.86. The lowest BCUT2D eigenvalue weighted by molar-refractivity contribution is -0.0291. The van der Waals surface area contributed by atoms with E-state index in [1.165, 1.54) is 6.07 Å². The Balaban J connectivity index is 1.97. The van der Waals surface area contributed by atoms with Gasteiger partial charge in [-0.2, -0.15) is 0 Å². The predicted octanol–water partition coefficient (Wildman–Crippen LogP) is 4.33. The smallest absolute Gasteiger partial charge is 0.129 e. The van der Waals surface area contributed by atoms with E-state index in [1.54, 1.807) is 12.1 Å². The quantitative estimate of drug-likeness (QED) is 0.809. The van der Waals surface area contributed by atoms with Crippen molar-refractivity contribution in [3.05, 3.63) is 34.6 Å². The van der Waals surface area contributed by atoms with Gasteiger partial charge in [-0.1, -0.05) is 24.6 Å². The summed E-state index contributed by atoms with van der Waals surface area (Å²) in [5, 5.41) is 3.83. The predicted molar refractivity (Wildman–Crippen MR) is 80.6 cm³/mol. The summed E-state index contributed by atoms with van der Waals surface area (Å²) in [7, 11) is 0. The van der Waals surface area contributed by atoms with E-state index >= 15 is 0 Å². The fraction of sp³-hybridized carbons (Fsp3) is 0.625. The van der Waals surface area contributed by atoms with Crippen molar-refractivity contribution >= 4 is 11.6 Å². The van der Waals surface area contributed by atoms with Gasteiger partial charge in [-0.25, -0.2) is 4.39 Å². The van der Waals surface area contributed by atoms with E-state index in [-0.39, 0.29) is 11.9 Å². The van der Waals surface area contributed by atoms with Crippen molar-refractivity contribution in [2.45, 2.75) is 45.3 Å². The van der Waals surface area contributed by atoms with Gasteiger partial charge < -0.3 is 10.1 Å². The maximum atomic E-state index is 14.0. The molecule has 1 aliphatic carbocycles. The number of hydrogen-bond donors (Lipinski definition) is 1. The zero-order valence-corrected chi connectivity index (χ0v) is 12.9. The van der Waals surface area contributed by atoms with E-state index in [2.05, 4.69) is 5.32 Å². The maximum absolute atomic E-state index is 14.0. The van der Waals surface area contributed by atoms with Gasteiger partial charge in [0.1, 0.15) is 5.82 Å². The second-order valence-electron chi connectivity index (χ2n) is 5.43. The Kier molecular flexibility index (Phi) is 5.82. The van der Waals surface area contributed by atoms with Gasteiger partial charge in [0.2, 0.25) is 0 Å². The fourth-order valence-electron chi connectivity index (χ4n) is 2.92. The average Bonchev–Trinajstić information content (AvgIpc) is 2.35. The Morgan fingerprint density at radius 3 is 2.75 bits per heavy atom. The average molecular weight is 300 g/mol. The van der Waals surface area contributed by atoms with Crippen LogP contribution in [-0.4, -0.2) is 19.3 Å². The molecule has 0 amide bonds. The third-order valence-electron chi connectivity index (χ3n) is 3.95. The van der Waals surface area contributed by atoms with Gasteiger partial charge in [0.05, 0.1) is 6.10 Å². The zero-order chi connectivity index (χ0) is 14.5. The molecule has 20 heavy (non-hydrogen) atoms. The van der Waals surface area contributed by atoms with Crippen molar-refractivity contribution in [1.82, 2.24) is 5.32 Å². The number of nitrogens with one attached hydrogen (secondary N) is 1. The van der Waals surface area contributed by atoms with Gasteiger partial charge in [-0.15, -0.1) is 0 Å². The fourth-order valence-corrected chi connectivity index (χ4v) is 3.08. The Morgan fingerprint density at radius 1 is 1.40 bits per heavy atom. The highest BCUT2D eigenvalue weighted by Crippen LogP contribution is 2.37. The van der Waals surface area contributed by atoms with Crippen molar-refractivity contribution in [2.75, 3.05) is 13.2 Å². The molecular weight excluding hydrogens is 277 g/mol. The Bertz CT molecular complexity index is 434. The second kappa shape index (κ2) is 7.39. The first-order valence-electron chi connectivity index (χ1n) is 7.43. The van der Waals surface area contributed by atoms with Crippen LogP contribution in [0.2, 0.25) is 5.02 Å². The summed E-state index contributed by atoms with van der Waals surface area (Å²) in [6.45, 7) is 5.68. The Labute approximate surface area is 125 Å². The molecule has 0 bridgehead atoms. The molecule has 1 fully saturated rings. The first-order valence-corrected chi connectivity index (χ1v) is 7.81. The third kappa shape index (κ3) is 3.94. The van der Waals surface area contributed by atoms with Crippen LogP contribution in [0.1, 0.15) is 44.7 Å². The molecular formula is C16H23ClFNO. The van der Waals surface area contributed by atoms with E-state index < -0.39 is 0 Å². The molecule has 0 aromatic heterocycles. The van der Waals surface area contributed by atoms with Crippen LogP contribution < -0.4 is 5.32 Å². The monoisotopic (exact) mass is 299 g/mol. The molecule has 2 rings (SSSR count). The normalized spacial score (nSPS) is 23.4. The lowest BCUT2D eigenvalue weighted by Crippen LogP contribution is -2.35. The minimum atomic E-state index is -0.218. The minimum absolute atomic E-state index is 0.0600. The standard InChI is InChI=1S/C16H23ClFNO/c1-3-19-16(9-11-7-13(8-11)20-4-2)14-6-5-12(17)10-15(14)18/h5-6,10-11,13,16,19H,3-4,7-9H2,1-2H3. The molecule has 1 atom stereocenters. The molecule has 112 valence electrons. The number of hydrogen-bond acceptors (Lipinski definition) is 2. The molecule has 0 radical (unpaired) electrons. The minimum Gasteiger partial charge on any atom is -0.378 e. The molecule has 0 saturated heterocycles. The highest BCUT2D eigenvalue weighted by atomic mass is 35.5. The first kappa shape index (κ1) is 15.7. The summed E-state index contributed by atoms with van der Waals surface area (Å²) in [6, 6.07) is 5.01. The van der Waals surface area contributed by atoms with Crippen LogP contribution in [0.15, 0.2) is 18.2 Å². The molecule has 1 aliphatic rings. The van der Waals surface area contributed by atoms with E-state index in [0.29, 0.717) is 17.0 Å². The molecule has 0 heterocycles.